The summed E-state index contributed by atoms with van der Waals surface area (Å²) < 4.78 is 12.3. The first-order valence-corrected chi connectivity index (χ1v) is 10.7. The molecular weight excluding hydrogens is 353 g/mol. The molecule has 28 heavy (non-hydrogen) atoms. The molecule has 154 valence electrons. The third-order valence-electron chi connectivity index (χ3n) is 6.67. The minimum atomic E-state index is -0.414. The lowest BCUT2D eigenvalue weighted by atomic mass is 9.81. The molecule has 1 aliphatic carbocycles. The fourth-order valence-electron chi connectivity index (χ4n) is 4.19. The summed E-state index contributed by atoms with van der Waals surface area (Å²) in [5.74, 6) is 0.836. The number of nitrogens with two attached hydrogens (primary N) is 1. The van der Waals surface area contributed by atoms with Gasteiger partial charge in [0.1, 0.15) is 0 Å². The molecule has 0 spiro atoms. The van der Waals surface area contributed by atoms with Gasteiger partial charge in [-0.1, -0.05) is 0 Å². The van der Waals surface area contributed by atoms with Gasteiger partial charge in [0.05, 0.1) is 11.2 Å². The van der Waals surface area contributed by atoms with Gasteiger partial charge in [0.2, 0.25) is 5.95 Å². The minimum Gasteiger partial charge on any atom is -0.399 e. The van der Waals surface area contributed by atoms with Gasteiger partial charge in [0.25, 0.3) is 0 Å². The Morgan fingerprint density at radius 2 is 1.75 bits per heavy atom. The zero-order valence-corrected chi connectivity index (χ0v) is 17.7. The molecule has 0 amide bonds. The molecule has 0 aromatic carbocycles. The van der Waals surface area contributed by atoms with Crippen molar-refractivity contribution in [3.8, 4) is 0 Å². The van der Waals surface area contributed by atoms with Gasteiger partial charge in [-0.2, -0.15) is 0 Å². The quantitative estimate of drug-likeness (QED) is 0.735. The Bertz CT molecular complexity index is 662. The zero-order valence-electron chi connectivity index (χ0n) is 17.7. The number of rotatable bonds is 6. The van der Waals surface area contributed by atoms with Gasteiger partial charge in [-0.05, 0) is 59.9 Å². The molecular formula is C20H34BN5O2. The maximum atomic E-state index is 6.13. The molecule has 2 saturated heterocycles. The molecule has 3 aliphatic rings. The number of likely N-dealkylation sites (tertiary alicyclic amines) is 1. The van der Waals surface area contributed by atoms with Crippen molar-refractivity contribution in [2.24, 2.45) is 5.73 Å². The van der Waals surface area contributed by atoms with Gasteiger partial charge in [0, 0.05) is 49.6 Å². The second-order valence-corrected chi connectivity index (χ2v) is 9.43. The summed E-state index contributed by atoms with van der Waals surface area (Å²) in [4.78, 5) is 14.4. The van der Waals surface area contributed by atoms with Gasteiger partial charge < -0.3 is 24.8 Å². The van der Waals surface area contributed by atoms with Crippen molar-refractivity contribution in [3.63, 3.8) is 0 Å². The first-order chi connectivity index (χ1) is 13.3. The fourth-order valence-corrected chi connectivity index (χ4v) is 4.19. The van der Waals surface area contributed by atoms with E-state index in [9.17, 15) is 0 Å². The Kier molecular flexibility index (Phi) is 5.42. The van der Waals surface area contributed by atoms with Crippen molar-refractivity contribution in [3.05, 3.63) is 12.4 Å². The predicted molar refractivity (Wildman–Crippen MR) is 112 cm³/mol. The van der Waals surface area contributed by atoms with Crippen LogP contribution < -0.4 is 16.1 Å². The molecule has 4 rings (SSSR count). The lowest BCUT2D eigenvalue weighted by molar-refractivity contribution is 0.00578. The first-order valence-electron chi connectivity index (χ1n) is 10.7. The van der Waals surface area contributed by atoms with Gasteiger partial charge in [-0.25, -0.2) is 9.97 Å². The van der Waals surface area contributed by atoms with E-state index in [-0.39, 0.29) is 11.2 Å². The van der Waals surface area contributed by atoms with Crippen LogP contribution in [0.1, 0.15) is 53.4 Å². The van der Waals surface area contributed by atoms with Crippen LogP contribution in [0.25, 0.3) is 0 Å². The van der Waals surface area contributed by atoms with Crippen LogP contribution in [0.15, 0.2) is 12.4 Å². The molecule has 1 saturated carbocycles. The molecule has 8 heteroatoms. The van der Waals surface area contributed by atoms with Crippen molar-refractivity contribution in [1.29, 1.82) is 0 Å². The lowest BCUT2D eigenvalue weighted by Gasteiger charge is -2.39. The summed E-state index contributed by atoms with van der Waals surface area (Å²) in [6, 6.07) is 1.04. The van der Waals surface area contributed by atoms with Crippen molar-refractivity contribution >= 4 is 18.5 Å². The van der Waals surface area contributed by atoms with E-state index in [2.05, 4.69) is 37.5 Å². The molecule has 0 bridgehead atoms. The van der Waals surface area contributed by atoms with Gasteiger partial charge in [0.15, 0.2) is 0 Å². The SMILES string of the molecule is CC1(C)OB(c2cnc(N(C3CC3)[C@H]3CCCN(CCN)C3)nc2)OC1(C)C. The summed E-state index contributed by atoms with van der Waals surface area (Å²) in [6.07, 6.45) is 8.62. The number of nitrogens with zero attached hydrogens (tertiary/aromatic N) is 4. The minimum absolute atomic E-state index is 0.356. The van der Waals surface area contributed by atoms with E-state index in [1.807, 2.05) is 12.4 Å². The van der Waals surface area contributed by atoms with E-state index in [0.717, 1.165) is 37.6 Å². The number of hydrogen-bond donors (Lipinski definition) is 1. The second-order valence-electron chi connectivity index (χ2n) is 9.43. The molecule has 1 aromatic heterocycles. The standard InChI is InChI=1S/C20H34BN5O2/c1-19(2)20(3,4)28-21(27-19)15-12-23-18(24-13-15)26(16-7-8-16)17-6-5-10-25(14-17)11-9-22/h12-13,16-17H,5-11,14,22H2,1-4H3/t17-/m0/s1. The fraction of sp³-hybridized carbons (Fsp3) is 0.800. The second kappa shape index (κ2) is 7.56. The number of hydrogen-bond acceptors (Lipinski definition) is 7. The van der Waals surface area contributed by atoms with E-state index < -0.39 is 7.12 Å². The van der Waals surface area contributed by atoms with Crippen molar-refractivity contribution in [1.82, 2.24) is 14.9 Å². The summed E-state index contributed by atoms with van der Waals surface area (Å²) in [5.41, 5.74) is 5.94. The van der Waals surface area contributed by atoms with Gasteiger partial charge in [-0.3, -0.25) is 0 Å². The maximum absolute atomic E-state index is 6.13. The Morgan fingerprint density at radius 3 is 2.32 bits per heavy atom. The van der Waals surface area contributed by atoms with Crippen molar-refractivity contribution in [2.75, 3.05) is 31.1 Å². The van der Waals surface area contributed by atoms with Crippen LogP contribution in [0, 0.1) is 0 Å². The van der Waals surface area contributed by atoms with Crippen molar-refractivity contribution < 1.29 is 9.31 Å². The molecule has 3 heterocycles. The topological polar surface area (TPSA) is 76.7 Å². The Labute approximate surface area is 169 Å². The smallest absolute Gasteiger partial charge is 0.399 e. The number of anilines is 1. The average Bonchev–Trinajstić information content (AvgIpc) is 3.43. The maximum Gasteiger partial charge on any atom is 0.498 e. The zero-order chi connectivity index (χ0) is 19.9. The predicted octanol–water partition coefficient (Wildman–Crippen LogP) is 1.17. The molecule has 0 unspecified atom stereocenters. The molecule has 1 atom stereocenters. The summed E-state index contributed by atoms with van der Waals surface area (Å²) in [6.45, 7) is 12.1. The van der Waals surface area contributed by atoms with Gasteiger partial charge >= 0.3 is 7.12 Å². The highest BCUT2D eigenvalue weighted by molar-refractivity contribution is 6.61. The molecule has 2 aliphatic heterocycles. The number of aromatic nitrogens is 2. The van der Waals surface area contributed by atoms with E-state index in [4.69, 9.17) is 25.0 Å². The largest absolute Gasteiger partial charge is 0.498 e. The third kappa shape index (κ3) is 3.92. The van der Waals surface area contributed by atoms with Crippen LogP contribution in [-0.4, -0.2) is 71.5 Å². The summed E-state index contributed by atoms with van der Waals surface area (Å²) in [5, 5.41) is 0. The van der Waals surface area contributed by atoms with Gasteiger partial charge in [-0.15, -0.1) is 0 Å². The Balaban J connectivity index is 1.49. The highest BCUT2D eigenvalue weighted by Gasteiger charge is 2.52. The Morgan fingerprint density at radius 1 is 1.11 bits per heavy atom. The summed E-state index contributed by atoms with van der Waals surface area (Å²) in [7, 11) is -0.414. The molecule has 0 radical (unpaired) electrons. The van der Waals surface area contributed by atoms with Crippen molar-refractivity contribution in [2.45, 2.75) is 76.7 Å². The Hall–Kier alpha value is -1.22. The average molecular weight is 387 g/mol. The number of piperidine rings is 1. The van der Waals surface area contributed by atoms with E-state index in [1.165, 1.54) is 25.7 Å². The van der Waals surface area contributed by atoms with Crippen LogP contribution in [0.2, 0.25) is 0 Å². The normalized spacial score (nSPS) is 27.2. The lowest BCUT2D eigenvalue weighted by Crippen LogP contribution is -2.50. The summed E-state index contributed by atoms with van der Waals surface area (Å²) >= 11 is 0. The molecule has 7 nitrogen and oxygen atoms in total. The molecule has 3 fully saturated rings. The first kappa shape index (κ1) is 20.1. The van der Waals surface area contributed by atoms with Crippen LogP contribution in [0.4, 0.5) is 5.95 Å². The molecule has 1 aromatic rings. The van der Waals surface area contributed by atoms with Crippen LogP contribution >= 0.6 is 0 Å². The highest BCUT2D eigenvalue weighted by Crippen LogP contribution is 2.37. The van der Waals surface area contributed by atoms with E-state index in [0.29, 0.717) is 12.1 Å². The van der Waals surface area contributed by atoms with E-state index in [1.54, 1.807) is 0 Å². The van der Waals surface area contributed by atoms with Crippen LogP contribution in [0.5, 0.6) is 0 Å². The highest BCUT2D eigenvalue weighted by atomic mass is 16.7. The molecule has 2 N–H and O–H groups in total. The monoisotopic (exact) mass is 387 g/mol. The van der Waals surface area contributed by atoms with Crippen LogP contribution in [-0.2, 0) is 9.31 Å². The van der Waals surface area contributed by atoms with E-state index >= 15 is 0 Å². The third-order valence-corrected chi connectivity index (χ3v) is 6.67. The van der Waals surface area contributed by atoms with Crippen LogP contribution in [0.3, 0.4) is 0 Å².